The monoisotopic (exact) mass is 261 g/mol. The maximum Gasteiger partial charge on any atom is 0.0418 e. The zero-order valence-electron chi connectivity index (χ0n) is 8.09. The molecule has 0 aliphatic carbocycles. The molecule has 1 aromatic heterocycles. The Morgan fingerprint density at radius 1 is 1.46 bits per heavy atom. The Labute approximate surface area is 92.5 Å². The van der Waals surface area contributed by atoms with Crippen LogP contribution in [0.2, 0.25) is 0 Å². The van der Waals surface area contributed by atoms with Crippen molar-refractivity contribution < 1.29 is 0 Å². The normalized spacial score (nSPS) is 13.6. The highest BCUT2D eigenvalue weighted by atomic mass is 79.9. The number of nitrogens with two attached hydrogens (primary N) is 1. The molecule has 0 aromatic carbocycles. The minimum Gasteiger partial charge on any atom is -0.323 e. The molecule has 1 heterocycles. The van der Waals surface area contributed by atoms with Gasteiger partial charge in [0.05, 0.1) is 0 Å². The van der Waals surface area contributed by atoms with E-state index < -0.39 is 0 Å². The van der Waals surface area contributed by atoms with Crippen molar-refractivity contribution >= 4 is 27.3 Å². The summed E-state index contributed by atoms with van der Waals surface area (Å²) in [6.07, 6.45) is 2.32. The molecule has 3 heteroatoms. The minimum atomic E-state index is 0.214. The van der Waals surface area contributed by atoms with Gasteiger partial charge in [0.1, 0.15) is 0 Å². The lowest BCUT2D eigenvalue weighted by molar-refractivity contribution is 0.410. The second-order valence-electron chi connectivity index (χ2n) is 3.27. The fourth-order valence-electron chi connectivity index (χ4n) is 1.53. The lowest BCUT2D eigenvalue weighted by Gasteiger charge is -2.19. The lowest BCUT2D eigenvalue weighted by Crippen LogP contribution is -2.19. The van der Waals surface area contributed by atoms with E-state index in [1.807, 2.05) is 0 Å². The molecule has 0 aliphatic heterocycles. The van der Waals surface area contributed by atoms with Crippen LogP contribution in [0.4, 0.5) is 0 Å². The van der Waals surface area contributed by atoms with Crippen LogP contribution in [0.3, 0.4) is 0 Å². The van der Waals surface area contributed by atoms with Crippen molar-refractivity contribution in [2.24, 2.45) is 11.7 Å². The first-order valence-corrected chi connectivity index (χ1v) is 6.35. The van der Waals surface area contributed by atoms with Gasteiger partial charge in [-0.05, 0) is 27.9 Å². The Bertz CT molecular complexity index is 255. The first-order valence-electron chi connectivity index (χ1n) is 4.68. The van der Waals surface area contributed by atoms with E-state index in [0.29, 0.717) is 5.92 Å². The maximum absolute atomic E-state index is 6.16. The average molecular weight is 262 g/mol. The van der Waals surface area contributed by atoms with Crippen molar-refractivity contribution in [2.75, 3.05) is 0 Å². The molecule has 1 unspecified atom stereocenters. The quantitative estimate of drug-likeness (QED) is 0.873. The molecular weight excluding hydrogens is 246 g/mol. The van der Waals surface area contributed by atoms with Crippen molar-refractivity contribution in [3.63, 3.8) is 0 Å². The van der Waals surface area contributed by atoms with E-state index in [9.17, 15) is 0 Å². The first-order chi connectivity index (χ1) is 6.19. The van der Waals surface area contributed by atoms with Crippen LogP contribution in [-0.4, -0.2) is 0 Å². The first kappa shape index (κ1) is 11.2. The molecule has 0 spiro atoms. The molecule has 1 aromatic rings. The van der Waals surface area contributed by atoms with E-state index in [4.69, 9.17) is 5.73 Å². The smallest absolute Gasteiger partial charge is 0.0418 e. The summed E-state index contributed by atoms with van der Waals surface area (Å²) < 4.78 is 1.15. The van der Waals surface area contributed by atoms with Gasteiger partial charge in [0.15, 0.2) is 0 Å². The molecule has 0 bridgehead atoms. The molecule has 13 heavy (non-hydrogen) atoms. The Hall–Kier alpha value is 0.140. The molecule has 0 radical (unpaired) electrons. The fraction of sp³-hybridized carbons (Fsp3) is 0.600. The van der Waals surface area contributed by atoms with Crippen LogP contribution in [0.25, 0.3) is 0 Å². The Balaban J connectivity index is 2.71. The number of hydrogen-bond acceptors (Lipinski definition) is 2. The van der Waals surface area contributed by atoms with Crippen molar-refractivity contribution in [1.29, 1.82) is 0 Å². The highest BCUT2D eigenvalue weighted by Crippen LogP contribution is 2.31. The highest BCUT2D eigenvalue weighted by molar-refractivity contribution is 9.10. The summed E-state index contributed by atoms with van der Waals surface area (Å²) in [4.78, 5) is 1.29. The summed E-state index contributed by atoms with van der Waals surface area (Å²) in [6.45, 7) is 4.41. The van der Waals surface area contributed by atoms with Gasteiger partial charge in [0.25, 0.3) is 0 Å². The fourth-order valence-corrected chi connectivity index (χ4v) is 3.07. The van der Waals surface area contributed by atoms with E-state index in [1.54, 1.807) is 11.3 Å². The molecular formula is C10H16BrNS. The predicted octanol–water partition coefficient (Wildman–Crippen LogP) is 3.95. The summed E-state index contributed by atoms with van der Waals surface area (Å²) in [6, 6.07) is 2.35. The molecule has 0 amide bonds. The number of hydrogen-bond donors (Lipinski definition) is 1. The van der Waals surface area contributed by atoms with Crippen LogP contribution in [0.1, 0.15) is 37.6 Å². The van der Waals surface area contributed by atoms with Gasteiger partial charge in [0, 0.05) is 20.8 Å². The number of rotatable bonds is 4. The van der Waals surface area contributed by atoms with Gasteiger partial charge in [0.2, 0.25) is 0 Å². The van der Waals surface area contributed by atoms with Crippen molar-refractivity contribution in [3.05, 3.63) is 20.8 Å². The predicted molar refractivity (Wildman–Crippen MR) is 63.0 cm³/mol. The van der Waals surface area contributed by atoms with Crippen LogP contribution in [0.15, 0.2) is 15.9 Å². The van der Waals surface area contributed by atoms with Gasteiger partial charge in [-0.15, -0.1) is 11.3 Å². The van der Waals surface area contributed by atoms with E-state index in [-0.39, 0.29) is 6.04 Å². The number of thiophene rings is 1. The van der Waals surface area contributed by atoms with Crippen LogP contribution in [0, 0.1) is 5.92 Å². The van der Waals surface area contributed by atoms with Gasteiger partial charge < -0.3 is 5.73 Å². The molecule has 1 rings (SSSR count). The third-order valence-electron chi connectivity index (χ3n) is 2.47. The molecule has 74 valence electrons. The molecule has 0 fully saturated rings. The lowest BCUT2D eigenvalue weighted by atomic mass is 9.94. The van der Waals surface area contributed by atoms with Gasteiger partial charge in [-0.25, -0.2) is 0 Å². The van der Waals surface area contributed by atoms with Gasteiger partial charge in [-0.1, -0.05) is 26.7 Å². The SMILES string of the molecule is CCC(CC)C(N)c1cc(Br)cs1. The Morgan fingerprint density at radius 3 is 2.46 bits per heavy atom. The van der Waals surface area contributed by atoms with Crippen LogP contribution >= 0.6 is 27.3 Å². The second kappa shape index (κ2) is 5.13. The average Bonchev–Trinajstić information content (AvgIpc) is 2.54. The van der Waals surface area contributed by atoms with Crippen LogP contribution in [-0.2, 0) is 0 Å². The van der Waals surface area contributed by atoms with E-state index >= 15 is 0 Å². The van der Waals surface area contributed by atoms with Crippen LogP contribution < -0.4 is 5.73 Å². The number of halogens is 1. The summed E-state index contributed by atoms with van der Waals surface area (Å²) in [5, 5.41) is 2.09. The van der Waals surface area contributed by atoms with Gasteiger partial charge in [-0.2, -0.15) is 0 Å². The van der Waals surface area contributed by atoms with E-state index in [2.05, 4.69) is 41.2 Å². The molecule has 1 nitrogen and oxygen atoms in total. The standard InChI is InChI=1S/C10H16BrNS/c1-3-7(4-2)10(12)9-5-8(11)6-13-9/h5-7,10H,3-4,12H2,1-2H3. The van der Waals surface area contributed by atoms with Crippen molar-refractivity contribution in [3.8, 4) is 0 Å². The third kappa shape index (κ3) is 2.79. The summed E-state index contributed by atoms with van der Waals surface area (Å²) in [5.41, 5.74) is 6.16. The summed E-state index contributed by atoms with van der Waals surface area (Å²) in [5.74, 6) is 0.616. The van der Waals surface area contributed by atoms with Gasteiger partial charge in [-0.3, -0.25) is 0 Å². The van der Waals surface area contributed by atoms with E-state index in [1.165, 1.54) is 4.88 Å². The molecule has 0 saturated carbocycles. The molecule has 2 N–H and O–H groups in total. The highest BCUT2D eigenvalue weighted by Gasteiger charge is 2.17. The largest absolute Gasteiger partial charge is 0.323 e. The zero-order valence-corrected chi connectivity index (χ0v) is 10.5. The second-order valence-corrected chi connectivity index (χ2v) is 5.13. The molecule has 0 saturated heterocycles. The van der Waals surface area contributed by atoms with E-state index in [0.717, 1.165) is 17.3 Å². The molecule has 1 atom stereocenters. The van der Waals surface area contributed by atoms with Crippen LogP contribution in [0.5, 0.6) is 0 Å². The molecule has 0 aliphatic rings. The summed E-state index contributed by atoms with van der Waals surface area (Å²) >= 11 is 5.19. The minimum absolute atomic E-state index is 0.214. The van der Waals surface area contributed by atoms with Crippen molar-refractivity contribution in [1.82, 2.24) is 0 Å². The third-order valence-corrected chi connectivity index (χ3v) is 4.27. The Kier molecular flexibility index (Phi) is 4.42. The zero-order chi connectivity index (χ0) is 9.84. The summed E-state index contributed by atoms with van der Waals surface area (Å²) in [7, 11) is 0. The van der Waals surface area contributed by atoms with Gasteiger partial charge >= 0.3 is 0 Å². The van der Waals surface area contributed by atoms with Crippen molar-refractivity contribution in [2.45, 2.75) is 32.7 Å². The maximum atomic E-state index is 6.16. The topological polar surface area (TPSA) is 26.0 Å². The Morgan fingerprint density at radius 2 is 2.08 bits per heavy atom.